The van der Waals surface area contributed by atoms with Gasteiger partial charge in [-0.3, -0.25) is 9.59 Å². The van der Waals surface area contributed by atoms with E-state index in [1.165, 1.54) is 4.68 Å². The molecule has 2 heterocycles. The molecule has 3 rings (SSSR count). The van der Waals surface area contributed by atoms with Crippen molar-refractivity contribution in [2.24, 2.45) is 5.92 Å². The maximum atomic E-state index is 13.2. The molecule has 1 saturated heterocycles. The van der Waals surface area contributed by atoms with Gasteiger partial charge in [0.1, 0.15) is 0 Å². The Morgan fingerprint density at radius 1 is 1.36 bits per heavy atom. The van der Waals surface area contributed by atoms with Gasteiger partial charge in [0.05, 0.1) is 18.0 Å². The van der Waals surface area contributed by atoms with Gasteiger partial charge in [0, 0.05) is 31.0 Å². The maximum Gasteiger partial charge on any atom is 0.274 e. The lowest BCUT2D eigenvalue weighted by molar-refractivity contribution is 0.0724. The minimum Gasteiger partial charge on any atom is -0.381 e. The van der Waals surface area contributed by atoms with Crippen LogP contribution in [0.3, 0.4) is 0 Å². The van der Waals surface area contributed by atoms with E-state index < -0.39 is 0 Å². The minimum absolute atomic E-state index is 0.109. The Morgan fingerprint density at radius 3 is 2.68 bits per heavy atom. The summed E-state index contributed by atoms with van der Waals surface area (Å²) in [7, 11) is 0. The van der Waals surface area contributed by atoms with Crippen LogP contribution in [-0.2, 0) is 4.74 Å². The van der Waals surface area contributed by atoms with Crippen LogP contribution in [0.15, 0.2) is 29.1 Å². The Balaban J connectivity index is 2.05. The fraction of sp³-hybridized carbons (Fsp3) is 0.526. The first-order valence-electron chi connectivity index (χ1n) is 8.91. The number of hydrogen-bond acceptors (Lipinski definition) is 4. The lowest BCUT2D eigenvalue weighted by Crippen LogP contribution is -2.38. The number of carbonyl (C=O) groups excluding carboxylic acids is 1. The number of ether oxygens (including phenoxy) is 1. The van der Waals surface area contributed by atoms with E-state index in [1.807, 2.05) is 37.8 Å². The maximum absolute atomic E-state index is 13.2. The second-order valence-corrected chi connectivity index (χ2v) is 6.81. The molecule has 0 N–H and O–H groups in total. The van der Waals surface area contributed by atoms with E-state index in [1.54, 1.807) is 12.1 Å². The Labute approximate surface area is 147 Å². The molecule has 6 nitrogen and oxygen atoms in total. The fourth-order valence-electron chi connectivity index (χ4n) is 3.26. The number of nitrogens with zero attached hydrogens (tertiary/aromatic N) is 3. The van der Waals surface area contributed by atoms with Crippen LogP contribution in [0.2, 0.25) is 0 Å². The molecule has 0 spiro atoms. The summed E-state index contributed by atoms with van der Waals surface area (Å²) in [5, 5.41) is 5.58. The highest BCUT2D eigenvalue weighted by atomic mass is 16.5. The van der Waals surface area contributed by atoms with Crippen molar-refractivity contribution in [1.82, 2.24) is 14.7 Å². The topological polar surface area (TPSA) is 64.4 Å². The first-order valence-corrected chi connectivity index (χ1v) is 8.91. The molecule has 134 valence electrons. The molecule has 0 saturated carbocycles. The summed E-state index contributed by atoms with van der Waals surface area (Å²) < 4.78 is 6.83. The highest BCUT2D eigenvalue weighted by Gasteiger charge is 2.25. The molecular weight excluding hydrogens is 318 g/mol. The molecule has 0 bridgehead atoms. The number of benzene rings is 1. The first kappa shape index (κ1) is 17.6. The van der Waals surface area contributed by atoms with Crippen molar-refractivity contribution in [3.63, 3.8) is 0 Å². The molecule has 1 aromatic heterocycles. The van der Waals surface area contributed by atoms with Crippen LogP contribution < -0.4 is 5.56 Å². The van der Waals surface area contributed by atoms with Crippen molar-refractivity contribution in [2.75, 3.05) is 26.3 Å². The molecule has 1 atom stereocenters. The highest BCUT2D eigenvalue weighted by molar-refractivity contribution is 6.04. The molecule has 0 radical (unpaired) electrons. The Hall–Kier alpha value is -2.21. The van der Waals surface area contributed by atoms with Crippen molar-refractivity contribution >= 4 is 16.7 Å². The number of carbonyl (C=O) groups is 1. The zero-order valence-electron chi connectivity index (χ0n) is 15.1. The number of hydrogen-bond donors (Lipinski definition) is 0. The zero-order chi connectivity index (χ0) is 18.0. The third kappa shape index (κ3) is 3.44. The quantitative estimate of drug-likeness (QED) is 0.837. The second-order valence-electron chi connectivity index (χ2n) is 6.81. The largest absolute Gasteiger partial charge is 0.381 e. The van der Waals surface area contributed by atoms with E-state index in [9.17, 15) is 9.59 Å². The van der Waals surface area contributed by atoms with E-state index in [-0.39, 0.29) is 17.5 Å². The molecule has 1 aromatic carbocycles. The molecule has 0 aliphatic carbocycles. The molecule has 25 heavy (non-hydrogen) atoms. The molecule has 1 aliphatic rings. The monoisotopic (exact) mass is 343 g/mol. The van der Waals surface area contributed by atoms with Gasteiger partial charge in [-0.05, 0) is 33.3 Å². The lowest BCUT2D eigenvalue weighted by atomic mass is 10.1. The number of fused-ring (bicyclic) bond motifs is 1. The van der Waals surface area contributed by atoms with Crippen molar-refractivity contribution in [3.8, 4) is 0 Å². The summed E-state index contributed by atoms with van der Waals surface area (Å²) in [5.41, 5.74) is 0.194. The smallest absolute Gasteiger partial charge is 0.274 e. The van der Waals surface area contributed by atoms with Gasteiger partial charge < -0.3 is 9.64 Å². The molecular formula is C19H25N3O3. The molecule has 2 aromatic rings. The fourth-order valence-corrected chi connectivity index (χ4v) is 3.26. The predicted octanol–water partition coefficient (Wildman–Crippen LogP) is 2.48. The van der Waals surface area contributed by atoms with E-state index in [0.717, 1.165) is 13.0 Å². The Bertz CT molecular complexity index is 822. The van der Waals surface area contributed by atoms with E-state index in [4.69, 9.17) is 4.74 Å². The van der Waals surface area contributed by atoms with Crippen LogP contribution >= 0.6 is 0 Å². The number of rotatable bonds is 5. The van der Waals surface area contributed by atoms with Crippen LogP contribution in [0, 0.1) is 5.92 Å². The Morgan fingerprint density at radius 2 is 2.08 bits per heavy atom. The summed E-state index contributed by atoms with van der Waals surface area (Å²) in [6, 6.07) is 7.10. The molecule has 1 aliphatic heterocycles. The Kier molecular flexibility index (Phi) is 5.18. The van der Waals surface area contributed by atoms with Crippen LogP contribution in [0.25, 0.3) is 10.8 Å². The third-order valence-corrected chi connectivity index (χ3v) is 4.69. The van der Waals surface area contributed by atoms with Crippen molar-refractivity contribution in [1.29, 1.82) is 0 Å². The van der Waals surface area contributed by atoms with E-state index in [0.29, 0.717) is 42.1 Å². The zero-order valence-corrected chi connectivity index (χ0v) is 15.1. The number of amides is 1. The average molecular weight is 343 g/mol. The van der Waals surface area contributed by atoms with Gasteiger partial charge in [0.15, 0.2) is 5.69 Å². The summed E-state index contributed by atoms with van der Waals surface area (Å²) in [4.78, 5) is 27.6. The highest BCUT2D eigenvalue weighted by Crippen LogP contribution is 2.19. The van der Waals surface area contributed by atoms with Gasteiger partial charge in [0.2, 0.25) is 0 Å². The molecule has 1 unspecified atom stereocenters. The van der Waals surface area contributed by atoms with Gasteiger partial charge in [0.25, 0.3) is 11.5 Å². The van der Waals surface area contributed by atoms with E-state index >= 15 is 0 Å². The predicted molar refractivity (Wildman–Crippen MR) is 96.9 cm³/mol. The molecule has 1 amide bonds. The van der Waals surface area contributed by atoms with Gasteiger partial charge in [-0.15, -0.1) is 0 Å². The summed E-state index contributed by atoms with van der Waals surface area (Å²) >= 11 is 0. The molecule has 1 fully saturated rings. The molecule has 6 heteroatoms. The first-order chi connectivity index (χ1) is 12.0. The summed E-state index contributed by atoms with van der Waals surface area (Å²) in [5.74, 6) is 0.242. The average Bonchev–Trinajstić information content (AvgIpc) is 3.12. The summed E-state index contributed by atoms with van der Waals surface area (Å²) in [6.07, 6.45) is 0.976. The van der Waals surface area contributed by atoms with Gasteiger partial charge in [-0.25, -0.2) is 4.68 Å². The van der Waals surface area contributed by atoms with Gasteiger partial charge in [-0.1, -0.05) is 18.2 Å². The van der Waals surface area contributed by atoms with Crippen molar-refractivity contribution in [2.45, 2.75) is 33.2 Å². The minimum atomic E-state index is -0.158. The van der Waals surface area contributed by atoms with Gasteiger partial charge >= 0.3 is 0 Å². The summed E-state index contributed by atoms with van der Waals surface area (Å²) in [6.45, 7) is 8.47. The van der Waals surface area contributed by atoms with Crippen LogP contribution in [-0.4, -0.2) is 46.9 Å². The van der Waals surface area contributed by atoms with Gasteiger partial charge in [-0.2, -0.15) is 5.10 Å². The second kappa shape index (κ2) is 7.35. The SMILES string of the molecule is CCN(CC1CCOC1)C(=O)c1nn(C(C)C)c(=O)c2ccccc12. The van der Waals surface area contributed by atoms with Crippen molar-refractivity contribution < 1.29 is 9.53 Å². The van der Waals surface area contributed by atoms with Crippen LogP contribution in [0.4, 0.5) is 0 Å². The van der Waals surface area contributed by atoms with Crippen molar-refractivity contribution in [3.05, 3.63) is 40.3 Å². The standard InChI is InChI=1S/C19H25N3O3/c1-4-21(11-14-9-10-25-12-14)19(24)17-15-7-5-6-8-16(15)18(23)22(20-17)13(2)3/h5-8,13-14H,4,9-12H2,1-3H3. The van der Waals surface area contributed by atoms with E-state index in [2.05, 4.69) is 5.10 Å². The number of aromatic nitrogens is 2. The van der Waals surface area contributed by atoms with Crippen LogP contribution in [0.1, 0.15) is 43.7 Å². The van der Waals surface area contributed by atoms with Crippen LogP contribution in [0.5, 0.6) is 0 Å². The normalized spacial score (nSPS) is 17.4. The third-order valence-electron chi connectivity index (χ3n) is 4.69. The lowest BCUT2D eigenvalue weighted by Gasteiger charge is -2.24.